The first-order chi connectivity index (χ1) is 6.69. The zero-order valence-electron chi connectivity index (χ0n) is 7.84. The van der Waals surface area contributed by atoms with Crippen molar-refractivity contribution in [3.8, 4) is 5.75 Å². The van der Waals surface area contributed by atoms with Crippen LogP contribution in [0.2, 0.25) is 5.02 Å². The van der Waals surface area contributed by atoms with Crippen LogP contribution in [0.25, 0.3) is 0 Å². The molecule has 0 aliphatic rings. The molecular weight excluding hydrogens is 267 g/mol. The molecule has 0 aliphatic carbocycles. The van der Waals surface area contributed by atoms with Gasteiger partial charge in [-0.1, -0.05) is 33.6 Å². The minimum atomic E-state index is -0.525. The second kappa shape index (κ2) is 5.59. The van der Waals surface area contributed by atoms with Crippen molar-refractivity contribution < 1.29 is 9.84 Å². The summed E-state index contributed by atoms with van der Waals surface area (Å²) in [5.41, 5.74) is 0.787. The molecule has 0 spiro atoms. The lowest BCUT2D eigenvalue weighted by Crippen LogP contribution is -1.99. The number of hydrogen-bond donors (Lipinski definition) is 1. The molecule has 1 rings (SSSR count). The summed E-state index contributed by atoms with van der Waals surface area (Å²) >= 11 is 9.16. The standard InChI is InChI=1S/C10H12BrClO2/c1-2-14-10-4-3-7(5-8(10)12)9(13)6-11/h3-5,9,13H,2,6H2,1H3. The van der Waals surface area contributed by atoms with E-state index in [1.165, 1.54) is 0 Å². The van der Waals surface area contributed by atoms with Crippen molar-refractivity contribution >= 4 is 27.5 Å². The molecule has 0 bridgehead atoms. The molecule has 1 aromatic rings. The summed E-state index contributed by atoms with van der Waals surface area (Å²) in [5, 5.41) is 10.6. The summed E-state index contributed by atoms with van der Waals surface area (Å²) in [7, 11) is 0. The average molecular weight is 280 g/mol. The van der Waals surface area contributed by atoms with Gasteiger partial charge in [0.25, 0.3) is 0 Å². The van der Waals surface area contributed by atoms with Crippen LogP contribution in [0.3, 0.4) is 0 Å². The molecule has 1 unspecified atom stereocenters. The second-order valence-electron chi connectivity index (χ2n) is 2.79. The number of hydrogen-bond acceptors (Lipinski definition) is 2. The van der Waals surface area contributed by atoms with Crippen molar-refractivity contribution in [3.05, 3.63) is 28.8 Å². The topological polar surface area (TPSA) is 29.5 Å². The summed E-state index contributed by atoms with van der Waals surface area (Å²) in [6.07, 6.45) is -0.525. The zero-order chi connectivity index (χ0) is 10.6. The molecule has 1 aromatic carbocycles. The van der Waals surface area contributed by atoms with Crippen LogP contribution in [0.4, 0.5) is 0 Å². The van der Waals surface area contributed by atoms with Gasteiger partial charge in [-0.25, -0.2) is 0 Å². The monoisotopic (exact) mass is 278 g/mol. The van der Waals surface area contributed by atoms with Crippen molar-refractivity contribution in [2.45, 2.75) is 13.0 Å². The highest BCUT2D eigenvalue weighted by Crippen LogP contribution is 2.28. The van der Waals surface area contributed by atoms with Gasteiger partial charge in [-0.2, -0.15) is 0 Å². The van der Waals surface area contributed by atoms with E-state index in [4.69, 9.17) is 16.3 Å². The third-order valence-electron chi connectivity index (χ3n) is 1.79. The summed E-state index contributed by atoms with van der Waals surface area (Å²) in [5.74, 6) is 0.652. The van der Waals surface area contributed by atoms with Crippen LogP contribution in [-0.2, 0) is 0 Å². The van der Waals surface area contributed by atoms with E-state index in [1.54, 1.807) is 12.1 Å². The normalized spacial score (nSPS) is 12.6. The maximum Gasteiger partial charge on any atom is 0.137 e. The quantitative estimate of drug-likeness (QED) is 0.858. The van der Waals surface area contributed by atoms with Gasteiger partial charge in [-0.3, -0.25) is 0 Å². The van der Waals surface area contributed by atoms with E-state index in [1.807, 2.05) is 13.0 Å². The van der Waals surface area contributed by atoms with E-state index in [0.717, 1.165) is 5.56 Å². The molecule has 0 aromatic heterocycles. The molecule has 1 atom stereocenters. The second-order valence-corrected chi connectivity index (χ2v) is 3.85. The molecule has 0 aliphatic heterocycles. The SMILES string of the molecule is CCOc1ccc(C(O)CBr)cc1Cl. The van der Waals surface area contributed by atoms with Crippen LogP contribution >= 0.6 is 27.5 Å². The Morgan fingerprint density at radius 2 is 2.29 bits per heavy atom. The Balaban J connectivity index is 2.88. The number of rotatable bonds is 4. The van der Waals surface area contributed by atoms with Gasteiger partial charge in [0.1, 0.15) is 5.75 Å². The van der Waals surface area contributed by atoms with E-state index in [0.29, 0.717) is 22.7 Å². The Labute approximate surface area is 97.0 Å². The Hall–Kier alpha value is -0.250. The van der Waals surface area contributed by atoms with E-state index >= 15 is 0 Å². The van der Waals surface area contributed by atoms with Gasteiger partial charge >= 0.3 is 0 Å². The van der Waals surface area contributed by atoms with Crippen LogP contribution in [0, 0.1) is 0 Å². The number of halogens is 2. The molecule has 0 heterocycles. The lowest BCUT2D eigenvalue weighted by Gasteiger charge is -2.10. The largest absolute Gasteiger partial charge is 0.492 e. The van der Waals surface area contributed by atoms with Crippen molar-refractivity contribution in [2.24, 2.45) is 0 Å². The molecule has 14 heavy (non-hydrogen) atoms. The van der Waals surface area contributed by atoms with Crippen molar-refractivity contribution in [3.63, 3.8) is 0 Å². The predicted molar refractivity (Wildman–Crippen MR) is 61.4 cm³/mol. The summed E-state index contributed by atoms with van der Waals surface area (Å²) < 4.78 is 5.28. The molecule has 4 heteroatoms. The lowest BCUT2D eigenvalue weighted by molar-refractivity contribution is 0.205. The van der Waals surface area contributed by atoms with Crippen molar-refractivity contribution in [2.75, 3.05) is 11.9 Å². The van der Waals surface area contributed by atoms with Crippen LogP contribution in [-0.4, -0.2) is 17.0 Å². The fourth-order valence-electron chi connectivity index (χ4n) is 1.09. The fraction of sp³-hybridized carbons (Fsp3) is 0.400. The van der Waals surface area contributed by atoms with Gasteiger partial charge < -0.3 is 9.84 Å². The fourth-order valence-corrected chi connectivity index (χ4v) is 1.70. The zero-order valence-corrected chi connectivity index (χ0v) is 10.2. The van der Waals surface area contributed by atoms with Crippen LogP contribution in [0.15, 0.2) is 18.2 Å². The number of benzene rings is 1. The van der Waals surface area contributed by atoms with Gasteiger partial charge in [0.05, 0.1) is 17.7 Å². The number of alkyl halides is 1. The third-order valence-corrected chi connectivity index (χ3v) is 2.70. The smallest absolute Gasteiger partial charge is 0.137 e. The highest BCUT2D eigenvalue weighted by molar-refractivity contribution is 9.09. The van der Waals surface area contributed by atoms with Crippen molar-refractivity contribution in [1.29, 1.82) is 0 Å². The first kappa shape index (κ1) is 11.8. The molecule has 0 radical (unpaired) electrons. The maximum absolute atomic E-state index is 9.53. The predicted octanol–water partition coefficient (Wildman–Crippen LogP) is 3.17. The van der Waals surface area contributed by atoms with E-state index in [2.05, 4.69) is 15.9 Å². The highest BCUT2D eigenvalue weighted by Gasteiger charge is 2.08. The van der Waals surface area contributed by atoms with Gasteiger partial charge in [-0.15, -0.1) is 0 Å². The van der Waals surface area contributed by atoms with Gasteiger partial charge in [0.2, 0.25) is 0 Å². The number of ether oxygens (including phenoxy) is 1. The number of aliphatic hydroxyl groups is 1. The molecule has 78 valence electrons. The van der Waals surface area contributed by atoms with Crippen LogP contribution in [0.5, 0.6) is 5.75 Å². The molecule has 0 fully saturated rings. The van der Waals surface area contributed by atoms with Crippen LogP contribution < -0.4 is 4.74 Å². The van der Waals surface area contributed by atoms with Gasteiger partial charge in [0, 0.05) is 5.33 Å². The minimum absolute atomic E-state index is 0.497. The van der Waals surface area contributed by atoms with E-state index in [9.17, 15) is 5.11 Å². The molecule has 0 saturated carbocycles. The maximum atomic E-state index is 9.53. The average Bonchev–Trinajstić information content (AvgIpc) is 2.20. The molecule has 1 N–H and O–H groups in total. The van der Waals surface area contributed by atoms with Crippen LogP contribution in [0.1, 0.15) is 18.6 Å². The Kier molecular flexibility index (Phi) is 4.72. The highest BCUT2D eigenvalue weighted by atomic mass is 79.9. The van der Waals surface area contributed by atoms with E-state index in [-0.39, 0.29) is 0 Å². The van der Waals surface area contributed by atoms with E-state index < -0.39 is 6.10 Å². The number of aliphatic hydroxyl groups excluding tert-OH is 1. The van der Waals surface area contributed by atoms with Gasteiger partial charge in [-0.05, 0) is 24.6 Å². The Bertz CT molecular complexity index is 304. The Morgan fingerprint density at radius 3 is 2.79 bits per heavy atom. The van der Waals surface area contributed by atoms with Gasteiger partial charge in [0.15, 0.2) is 0 Å². The first-order valence-electron chi connectivity index (χ1n) is 4.35. The lowest BCUT2D eigenvalue weighted by atomic mass is 10.1. The molecule has 2 nitrogen and oxygen atoms in total. The molecular formula is C10H12BrClO2. The Morgan fingerprint density at radius 1 is 1.57 bits per heavy atom. The summed E-state index contributed by atoms with van der Waals surface area (Å²) in [6, 6.07) is 5.30. The van der Waals surface area contributed by atoms with Crippen molar-refractivity contribution in [1.82, 2.24) is 0 Å². The first-order valence-corrected chi connectivity index (χ1v) is 5.85. The summed E-state index contributed by atoms with van der Waals surface area (Å²) in [6.45, 7) is 2.48. The molecule has 0 saturated heterocycles. The molecule has 0 amide bonds. The summed E-state index contributed by atoms with van der Waals surface area (Å²) in [4.78, 5) is 0. The minimum Gasteiger partial charge on any atom is -0.492 e. The third kappa shape index (κ3) is 2.87.